The van der Waals surface area contributed by atoms with Gasteiger partial charge in [-0.25, -0.2) is 13.1 Å². The number of aromatic nitrogens is 4. The molecule has 2 heterocycles. The normalized spacial score (nSPS) is 11.6. The van der Waals surface area contributed by atoms with Gasteiger partial charge in [0.15, 0.2) is 5.69 Å². The molecule has 57 heavy (non-hydrogen) atoms. The van der Waals surface area contributed by atoms with Crippen molar-refractivity contribution in [2.75, 3.05) is 0 Å². The van der Waals surface area contributed by atoms with Crippen molar-refractivity contribution in [1.82, 2.24) is 19.6 Å². The summed E-state index contributed by atoms with van der Waals surface area (Å²) in [7, 11) is -4.74. The van der Waals surface area contributed by atoms with Crippen LogP contribution in [0.1, 0.15) is 14.2 Å². The number of hydrogen-bond acceptors (Lipinski definition) is 15. The van der Waals surface area contributed by atoms with E-state index in [0.29, 0.717) is 22.8 Å². The van der Waals surface area contributed by atoms with E-state index in [0.717, 1.165) is 47.2 Å². The van der Waals surface area contributed by atoms with Crippen LogP contribution in [0.15, 0.2) is 144 Å². The molecule has 0 fully saturated rings. The van der Waals surface area contributed by atoms with Gasteiger partial charge in [-0.05, 0) is 61.4 Å². The second kappa shape index (κ2) is 17.9. The fourth-order valence-electron chi connectivity index (χ4n) is 4.68. The molecule has 4 aromatic carbocycles. The van der Waals surface area contributed by atoms with Gasteiger partial charge in [-0.3, -0.25) is 29.8 Å². The van der Waals surface area contributed by atoms with E-state index in [2.05, 4.69) is 42.2 Å². The Balaban J connectivity index is 0.000000390. The number of nitro groups is 1. The Morgan fingerprint density at radius 3 is 2.04 bits per heavy atom. The van der Waals surface area contributed by atoms with E-state index in [9.17, 15) is 48.0 Å². The summed E-state index contributed by atoms with van der Waals surface area (Å²) < 4.78 is 35.5. The SMILES string of the molecule is C=CC([O-])=Nc1ccc(-n2[nH]c(C)c(N=Nc3cc([N+](=O)[O-])ccc3[O-])c2=O)cc1.Cc1[n-]n(-c2ccccc2)c(=O)c1N=Nc1cc(S(=O)(=O)[O-])ccc1[O-].[Cr+3].[H+].[H+]. The molecule has 0 saturated heterocycles. The minimum Gasteiger partial charge on any atom is -0.871 e. The van der Waals surface area contributed by atoms with E-state index in [1.54, 1.807) is 68.4 Å². The van der Waals surface area contributed by atoms with Crippen LogP contribution in [0.5, 0.6) is 11.5 Å². The second-order valence-electron chi connectivity index (χ2n) is 11.3. The molecule has 0 spiro atoms. The summed E-state index contributed by atoms with van der Waals surface area (Å²) in [5, 5.41) is 67.6. The molecule has 0 saturated carbocycles. The Bertz CT molecular complexity index is 2790. The van der Waals surface area contributed by atoms with Gasteiger partial charge in [-0.1, -0.05) is 61.4 Å². The van der Waals surface area contributed by atoms with E-state index >= 15 is 0 Å². The van der Waals surface area contributed by atoms with Crippen LogP contribution in [0.4, 0.5) is 34.1 Å². The first-order valence-electron chi connectivity index (χ1n) is 15.8. The van der Waals surface area contributed by atoms with E-state index in [-0.39, 0.29) is 54.3 Å². The zero-order chi connectivity index (χ0) is 40.7. The van der Waals surface area contributed by atoms with Crippen molar-refractivity contribution in [3.63, 3.8) is 0 Å². The number of aliphatic imine (C=N–C) groups is 1. The molecule has 0 amide bonds. The predicted octanol–water partition coefficient (Wildman–Crippen LogP) is 4.17. The first kappa shape index (κ1) is 42.5. The number of hydrogen-bond donors (Lipinski definition) is 1. The van der Waals surface area contributed by atoms with Crippen molar-refractivity contribution >= 4 is 50.1 Å². The number of rotatable bonds is 10. The molecule has 2 aromatic heterocycles. The molecule has 0 aliphatic carbocycles. The summed E-state index contributed by atoms with van der Waals surface area (Å²) in [6, 6.07) is 20.6. The van der Waals surface area contributed by atoms with Crippen LogP contribution in [-0.2, 0) is 27.5 Å². The number of benzene rings is 4. The maximum Gasteiger partial charge on any atom is 3.00 e. The number of non-ortho nitro benzene ring substituents is 1. The maximum absolute atomic E-state index is 12.7. The van der Waals surface area contributed by atoms with Crippen LogP contribution in [0.2, 0.25) is 0 Å². The molecular formula is C35H27CrN10O10S. The monoisotopic (exact) mass is 831 g/mol. The molecular weight excluding hydrogens is 805 g/mol. The number of nitro benzene ring substituents is 1. The topological polar surface area (TPSA) is 305 Å². The third-order valence-corrected chi connectivity index (χ3v) is 8.27. The molecule has 6 rings (SSSR count). The molecule has 6 aromatic rings. The van der Waals surface area contributed by atoms with Crippen LogP contribution in [0.25, 0.3) is 11.4 Å². The van der Waals surface area contributed by atoms with Crippen molar-refractivity contribution < 1.29 is 53.4 Å². The Kier molecular flexibility index (Phi) is 13.4. The number of H-pyrrole nitrogens is 1. The van der Waals surface area contributed by atoms with Crippen molar-refractivity contribution in [3.05, 3.63) is 146 Å². The quantitative estimate of drug-likeness (QED) is 0.0510. The molecule has 1 N–H and O–H groups in total. The second-order valence-corrected chi connectivity index (χ2v) is 12.7. The van der Waals surface area contributed by atoms with Gasteiger partial charge in [0.25, 0.3) is 16.8 Å². The summed E-state index contributed by atoms with van der Waals surface area (Å²) in [6.45, 7) is 6.47. The van der Waals surface area contributed by atoms with E-state index in [4.69, 9.17) is 0 Å². The van der Waals surface area contributed by atoms with Gasteiger partial charge < -0.3 is 29.7 Å². The van der Waals surface area contributed by atoms with Crippen LogP contribution in [0, 0.1) is 24.0 Å². The van der Waals surface area contributed by atoms with Crippen LogP contribution in [-0.4, -0.2) is 38.3 Å². The van der Waals surface area contributed by atoms with Crippen molar-refractivity contribution in [3.8, 4) is 22.9 Å². The number of para-hydroxylation sites is 1. The van der Waals surface area contributed by atoms with Crippen LogP contribution < -0.4 is 31.5 Å². The van der Waals surface area contributed by atoms with E-state index in [1.807, 2.05) is 0 Å². The Hall–Kier alpha value is -7.25. The van der Waals surface area contributed by atoms with Crippen molar-refractivity contribution in [2.45, 2.75) is 18.7 Å². The fourth-order valence-corrected chi connectivity index (χ4v) is 5.17. The number of aromatic amines is 1. The van der Waals surface area contributed by atoms with Crippen LogP contribution in [0.3, 0.4) is 0 Å². The largest absolute Gasteiger partial charge is 3.00 e. The van der Waals surface area contributed by atoms with E-state index < -0.39 is 48.5 Å². The standard InChI is InChI=1S/C19H16N6O5.C16H14N4O5S.Cr/c1-3-17(27)20-12-4-6-13(7-5-12)24-19(28)18(11(2)23-24)22-21-15-10-14(25(29)30)8-9-16(15)26;1-10-15(16(22)20(19-10)11-5-3-2-4-6-11)18-17-13-9-12(26(23,24)25)7-8-14(13)21;/h3-10,23,26H,1H2,2H3,(H,20,27);2-9H,1H3,(H3,17,18,19,21,22,23,24,25);/q;;+3/p-3. The number of nitrogens with zero attached hydrogens (tertiary/aromatic N) is 9. The van der Waals surface area contributed by atoms with Crippen LogP contribution >= 0.6 is 0 Å². The summed E-state index contributed by atoms with van der Waals surface area (Å²) >= 11 is 0. The maximum atomic E-state index is 12.7. The molecule has 0 aliphatic heterocycles. The van der Waals surface area contributed by atoms with Crippen molar-refractivity contribution in [2.24, 2.45) is 25.4 Å². The average molecular weight is 832 g/mol. The van der Waals surface area contributed by atoms with Gasteiger partial charge in [-0.2, -0.15) is 10.2 Å². The molecule has 20 nitrogen and oxygen atoms in total. The zero-order valence-corrected chi connectivity index (χ0v) is 31.5. The Morgan fingerprint density at radius 1 is 0.842 bits per heavy atom. The molecule has 0 atom stereocenters. The van der Waals surface area contributed by atoms with Gasteiger partial charge >= 0.3 is 20.2 Å². The number of nitrogens with one attached hydrogen (secondary N) is 1. The molecule has 0 aliphatic rings. The summed E-state index contributed by atoms with van der Waals surface area (Å²) in [5.74, 6) is -1.69. The minimum atomic E-state index is -4.74. The molecule has 289 valence electrons. The van der Waals surface area contributed by atoms with Gasteiger partial charge in [0, 0.05) is 17.8 Å². The first-order chi connectivity index (χ1) is 26.6. The van der Waals surface area contributed by atoms with Gasteiger partial charge in [0.05, 0.1) is 38.3 Å². The van der Waals surface area contributed by atoms with E-state index in [1.165, 1.54) is 4.68 Å². The molecule has 0 bridgehead atoms. The predicted molar refractivity (Wildman–Crippen MR) is 195 cm³/mol. The third kappa shape index (κ3) is 10.1. The zero-order valence-electron chi connectivity index (χ0n) is 31.4. The Labute approximate surface area is 335 Å². The number of azo groups is 2. The molecule has 0 unspecified atom stereocenters. The first-order valence-corrected chi connectivity index (χ1v) is 17.2. The number of aryl methyl sites for hydroxylation is 2. The summed E-state index contributed by atoms with van der Waals surface area (Å²) in [4.78, 5) is 38.5. The fraction of sp³-hybridized carbons (Fsp3) is 0.0571. The van der Waals surface area contributed by atoms with Crippen molar-refractivity contribution in [1.29, 1.82) is 0 Å². The molecule has 1 radical (unpaired) electrons. The summed E-state index contributed by atoms with van der Waals surface area (Å²) in [5.41, 5.74) is -0.138. The summed E-state index contributed by atoms with van der Waals surface area (Å²) in [6.07, 6.45) is 1.08. The third-order valence-electron chi connectivity index (χ3n) is 7.44. The van der Waals surface area contributed by atoms with Gasteiger partial charge in [0.1, 0.15) is 15.8 Å². The smallest absolute Gasteiger partial charge is 0.871 e. The Morgan fingerprint density at radius 2 is 1.44 bits per heavy atom. The van der Waals surface area contributed by atoms with Gasteiger partial charge in [-0.15, -0.1) is 15.9 Å². The average Bonchev–Trinajstić information content (AvgIpc) is 3.62. The molecule has 22 heteroatoms. The minimum absolute atomic E-state index is 0. The van der Waals surface area contributed by atoms with Gasteiger partial charge in [0.2, 0.25) is 0 Å².